The van der Waals surface area contributed by atoms with Gasteiger partial charge < -0.3 is 0 Å². The summed E-state index contributed by atoms with van der Waals surface area (Å²) in [5, 5.41) is 20.6. The smallest absolute Gasteiger partial charge is 0.297 e. The van der Waals surface area contributed by atoms with Gasteiger partial charge in [0.25, 0.3) is 0 Å². The van der Waals surface area contributed by atoms with Crippen molar-refractivity contribution in [3.05, 3.63) is 10.5 Å². The molecule has 0 bridgehead atoms. The molecule has 1 aromatic rings. The molecule has 0 amide bonds. The topological polar surface area (TPSA) is 86.5 Å². The monoisotopic (exact) mass is 309 g/mol. The molecule has 116 valence electrons. The van der Waals surface area contributed by atoms with E-state index in [1.807, 2.05) is 13.8 Å². The molecule has 6 nitrogen and oxygen atoms in total. The lowest BCUT2D eigenvalue weighted by Crippen LogP contribution is -2.45. The van der Waals surface area contributed by atoms with Crippen LogP contribution in [-0.4, -0.2) is 31.6 Å². The van der Waals surface area contributed by atoms with Crippen LogP contribution < -0.4 is 11.0 Å². The van der Waals surface area contributed by atoms with Crippen LogP contribution in [0.1, 0.15) is 53.0 Å². The van der Waals surface area contributed by atoms with Gasteiger partial charge in [0.2, 0.25) is 0 Å². The van der Waals surface area contributed by atoms with Gasteiger partial charge in [-0.05, 0) is 47.0 Å². The number of hydrogen-bond acceptors (Lipinski definition) is 5. The Labute approximate surface area is 129 Å². The molecule has 2 rings (SSSR count). The summed E-state index contributed by atoms with van der Waals surface area (Å²) in [7, 11) is 0. The van der Waals surface area contributed by atoms with Crippen LogP contribution >= 0.6 is 11.8 Å². The zero-order chi connectivity index (χ0) is 15.6. The average molecular weight is 309 g/mol. The Kier molecular flexibility index (Phi) is 4.79. The zero-order valence-corrected chi connectivity index (χ0v) is 13.8. The molecule has 2 N–H and O–H groups in total. The van der Waals surface area contributed by atoms with Gasteiger partial charge in [0.05, 0.1) is 6.07 Å². The number of thioether (sulfide) groups is 1. The van der Waals surface area contributed by atoms with Crippen molar-refractivity contribution in [1.29, 1.82) is 5.26 Å². The summed E-state index contributed by atoms with van der Waals surface area (Å²) in [6, 6.07) is 2.81. The highest BCUT2D eigenvalue weighted by Gasteiger charge is 2.40. The highest BCUT2D eigenvalue weighted by molar-refractivity contribution is 7.99. The minimum absolute atomic E-state index is 0.0784. The maximum atomic E-state index is 11.8. The number of nitriles is 1. The van der Waals surface area contributed by atoms with E-state index in [2.05, 4.69) is 35.4 Å². The van der Waals surface area contributed by atoms with Crippen molar-refractivity contribution in [3.63, 3.8) is 0 Å². The standard InChI is InChI=1S/C14H23N5OS/c1-9(2)16-14(8-15)6-5-11(7-14)21-13-18-17-12(20)19(13)10(3)4/h9-11,16H,5-7H2,1-4H3,(H,17,20). The van der Waals surface area contributed by atoms with Gasteiger partial charge in [0, 0.05) is 17.3 Å². The molecule has 1 aliphatic rings. The highest BCUT2D eigenvalue weighted by Crippen LogP contribution is 2.39. The van der Waals surface area contributed by atoms with E-state index < -0.39 is 5.54 Å². The number of H-pyrrole nitrogens is 1. The van der Waals surface area contributed by atoms with Crippen LogP contribution in [0.15, 0.2) is 9.95 Å². The Balaban J connectivity index is 2.10. The Morgan fingerprint density at radius 1 is 1.52 bits per heavy atom. The fourth-order valence-corrected chi connectivity index (χ4v) is 4.30. The first kappa shape index (κ1) is 16.1. The van der Waals surface area contributed by atoms with Crippen LogP contribution in [0.3, 0.4) is 0 Å². The number of aromatic amines is 1. The van der Waals surface area contributed by atoms with Gasteiger partial charge >= 0.3 is 5.69 Å². The largest absolute Gasteiger partial charge is 0.344 e. The van der Waals surface area contributed by atoms with E-state index in [0.717, 1.165) is 24.4 Å². The molecule has 21 heavy (non-hydrogen) atoms. The van der Waals surface area contributed by atoms with Crippen molar-refractivity contribution in [2.24, 2.45) is 0 Å². The second kappa shape index (κ2) is 6.24. The summed E-state index contributed by atoms with van der Waals surface area (Å²) in [6.45, 7) is 8.05. The normalized spacial score (nSPS) is 25.7. The number of rotatable bonds is 5. The van der Waals surface area contributed by atoms with Crippen LogP contribution in [0.5, 0.6) is 0 Å². The third kappa shape index (κ3) is 3.50. The number of hydrogen-bond donors (Lipinski definition) is 2. The van der Waals surface area contributed by atoms with Crippen molar-refractivity contribution in [1.82, 2.24) is 20.1 Å². The van der Waals surface area contributed by atoms with E-state index >= 15 is 0 Å². The predicted octanol–water partition coefficient (Wildman–Crippen LogP) is 2.06. The molecule has 0 aromatic carbocycles. The maximum Gasteiger partial charge on any atom is 0.344 e. The van der Waals surface area contributed by atoms with Crippen molar-refractivity contribution < 1.29 is 0 Å². The Bertz CT molecular complexity index is 585. The average Bonchev–Trinajstić information content (AvgIpc) is 2.94. The van der Waals surface area contributed by atoms with Gasteiger partial charge in [-0.1, -0.05) is 11.8 Å². The third-order valence-corrected chi connectivity index (χ3v) is 4.94. The lowest BCUT2D eigenvalue weighted by Gasteiger charge is -2.25. The van der Waals surface area contributed by atoms with Gasteiger partial charge in [-0.2, -0.15) is 5.26 Å². The van der Waals surface area contributed by atoms with Crippen molar-refractivity contribution in [2.45, 2.75) is 75.0 Å². The van der Waals surface area contributed by atoms with E-state index in [9.17, 15) is 10.1 Å². The molecule has 1 aliphatic carbocycles. The molecule has 0 spiro atoms. The van der Waals surface area contributed by atoms with Gasteiger partial charge in [0.1, 0.15) is 5.54 Å². The van der Waals surface area contributed by atoms with E-state index in [0.29, 0.717) is 5.25 Å². The Hall–Kier alpha value is -1.26. The van der Waals surface area contributed by atoms with E-state index in [-0.39, 0.29) is 17.8 Å². The van der Waals surface area contributed by atoms with Gasteiger partial charge in [-0.15, -0.1) is 5.10 Å². The van der Waals surface area contributed by atoms with Gasteiger partial charge in [-0.25, -0.2) is 9.89 Å². The second-order valence-electron chi connectivity index (χ2n) is 6.25. The van der Waals surface area contributed by atoms with Crippen LogP contribution in [-0.2, 0) is 0 Å². The fraction of sp³-hybridized carbons (Fsp3) is 0.786. The molecule has 1 saturated carbocycles. The SMILES string of the molecule is CC(C)NC1(C#N)CCC(Sc2n[nH]c(=O)n2C(C)C)C1. The lowest BCUT2D eigenvalue weighted by atomic mass is 9.99. The van der Waals surface area contributed by atoms with Crippen LogP contribution in [0.2, 0.25) is 0 Å². The molecule has 1 fully saturated rings. The number of nitrogens with zero attached hydrogens (tertiary/aromatic N) is 3. The molecule has 0 aliphatic heterocycles. The Morgan fingerprint density at radius 2 is 2.24 bits per heavy atom. The third-order valence-electron chi connectivity index (χ3n) is 3.71. The first-order valence-electron chi connectivity index (χ1n) is 7.39. The summed E-state index contributed by atoms with van der Waals surface area (Å²) in [5.41, 5.74) is -0.609. The van der Waals surface area contributed by atoms with Crippen LogP contribution in [0, 0.1) is 11.3 Å². The minimum atomic E-state index is -0.439. The predicted molar refractivity (Wildman–Crippen MR) is 83.3 cm³/mol. The second-order valence-corrected chi connectivity index (χ2v) is 7.52. The number of aromatic nitrogens is 3. The summed E-state index contributed by atoms with van der Waals surface area (Å²) < 4.78 is 1.67. The van der Waals surface area contributed by atoms with Gasteiger partial charge in [-0.3, -0.25) is 9.88 Å². The number of nitrogens with one attached hydrogen (secondary N) is 2. The van der Waals surface area contributed by atoms with Crippen molar-refractivity contribution in [2.75, 3.05) is 0 Å². The molecule has 2 atom stereocenters. The summed E-state index contributed by atoms with van der Waals surface area (Å²) in [5.74, 6) is 0. The molecular weight excluding hydrogens is 286 g/mol. The molecular formula is C14H23N5OS. The Morgan fingerprint density at radius 3 is 2.81 bits per heavy atom. The van der Waals surface area contributed by atoms with Crippen molar-refractivity contribution >= 4 is 11.8 Å². The highest BCUT2D eigenvalue weighted by atomic mass is 32.2. The zero-order valence-electron chi connectivity index (χ0n) is 13.0. The molecule has 2 unspecified atom stereocenters. The molecule has 7 heteroatoms. The first-order valence-corrected chi connectivity index (χ1v) is 8.27. The molecule has 0 saturated heterocycles. The molecule has 1 heterocycles. The van der Waals surface area contributed by atoms with E-state index in [1.54, 1.807) is 16.3 Å². The van der Waals surface area contributed by atoms with Crippen LogP contribution in [0.25, 0.3) is 0 Å². The fourth-order valence-electron chi connectivity index (χ4n) is 2.90. The minimum Gasteiger partial charge on any atom is -0.297 e. The van der Waals surface area contributed by atoms with Gasteiger partial charge in [0.15, 0.2) is 5.16 Å². The summed E-state index contributed by atoms with van der Waals surface area (Å²) in [4.78, 5) is 11.8. The summed E-state index contributed by atoms with van der Waals surface area (Å²) in [6.07, 6.45) is 2.58. The van der Waals surface area contributed by atoms with E-state index in [1.165, 1.54) is 0 Å². The molecule has 0 radical (unpaired) electrons. The van der Waals surface area contributed by atoms with E-state index in [4.69, 9.17) is 0 Å². The summed E-state index contributed by atoms with van der Waals surface area (Å²) >= 11 is 1.60. The quantitative estimate of drug-likeness (QED) is 0.869. The molecule has 1 aromatic heterocycles. The van der Waals surface area contributed by atoms with Crippen molar-refractivity contribution in [3.8, 4) is 6.07 Å². The first-order chi connectivity index (χ1) is 9.87. The van der Waals surface area contributed by atoms with Crippen LogP contribution in [0.4, 0.5) is 0 Å². The maximum absolute atomic E-state index is 11.8. The lowest BCUT2D eigenvalue weighted by molar-refractivity contribution is 0.386.